The third-order valence-corrected chi connectivity index (χ3v) is 6.10. The lowest BCUT2D eigenvalue weighted by Gasteiger charge is -2.33. The van der Waals surface area contributed by atoms with E-state index in [1.165, 1.54) is 19.3 Å². The van der Waals surface area contributed by atoms with Crippen LogP contribution in [0.4, 0.5) is 0 Å². The fraction of sp³-hybridized carbons (Fsp3) is 0.308. The fourth-order valence-corrected chi connectivity index (χ4v) is 4.46. The van der Waals surface area contributed by atoms with E-state index in [9.17, 15) is 0 Å². The van der Waals surface area contributed by atoms with Crippen molar-refractivity contribution >= 4 is 0 Å². The Hall–Kier alpha value is -3.22. The molecular formula is C26H29N5O. The average Bonchev–Trinajstić information content (AvgIpc) is 3.54. The molecule has 6 nitrogen and oxygen atoms in total. The van der Waals surface area contributed by atoms with Gasteiger partial charge >= 0.3 is 0 Å². The van der Waals surface area contributed by atoms with Crippen LogP contribution in [0.5, 0.6) is 0 Å². The van der Waals surface area contributed by atoms with Gasteiger partial charge in [-0.1, -0.05) is 24.6 Å². The van der Waals surface area contributed by atoms with Gasteiger partial charge in [0.2, 0.25) is 0 Å². The molecule has 1 aliphatic rings. The molecule has 0 unspecified atom stereocenters. The summed E-state index contributed by atoms with van der Waals surface area (Å²) in [5.41, 5.74) is 4.18. The lowest BCUT2D eigenvalue weighted by Crippen LogP contribution is -2.38. The van der Waals surface area contributed by atoms with Crippen LogP contribution in [0, 0.1) is 0 Å². The average molecular weight is 428 g/mol. The van der Waals surface area contributed by atoms with Gasteiger partial charge in [-0.25, -0.2) is 4.68 Å². The topological polar surface area (TPSA) is 59.1 Å². The Morgan fingerprint density at radius 3 is 2.59 bits per heavy atom. The minimum atomic E-state index is 0.247. The van der Waals surface area contributed by atoms with Crippen LogP contribution in [0.25, 0.3) is 16.9 Å². The molecule has 0 bridgehead atoms. The standard InChI is InChI=1S/C26H29N5O/c1-3-10-23(11-4-1)31-20-22(26(29-31)21-9-7-13-27-17-21)18-28-19-24(25-12-8-16-32-25)30-14-5-2-6-15-30/h1,3-4,7-13,16-17,20,24,28H,2,5-6,14-15,18-19H2/t24-/m1/s1. The molecule has 0 amide bonds. The highest BCUT2D eigenvalue weighted by Crippen LogP contribution is 2.26. The first-order chi connectivity index (χ1) is 15.9. The Morgan fingerprint density at radius 2 is 1.84 bits per heavy atom. The predicted molar refractivity (Wildman–Crippen MR) is 125 cm³/mol. The number of pyridine rings is 1. The van der Waals surface area contributed by atoms with Crippen LogP contribution in [-0.2, 0) is 6.54 Å². The smallest absolute Gasteiger partial charge is 0.122 e. The quantitative estimate of drug-likeness (QED) is 0.436. The molecule has 0 radical (unpaired) electrons. The van der Waals surface area contributed by atoms with Gasteiger partial charge in [0.05, 0.1) is 23.7 Å². The number of piperidine rings is 1. The molecular weight excluding hydrogens is 398 g/mol. The third kappa shape index (κ3) is 4.66. The van der Waals surface area contributed by atoms with E-state index in [-0.39, 0.29) is 6.04 Å². The van der Waals surface area contributed by atoms with Crippen molar-refractivity contribution < 1.29 is 4.42 Å². The summed E-state index contributed by atoms with van der Waals surface area (Å²) in [4.78, 5) is 6.85. The van der Waals surface area contributed by atoms with Crippen molar-refractivity contribution in [3.63, 3.8) is 0 Å². The second-order valence-electron chi connectivity index (χ2n) is 8.28. The zero-order chi connectivity index (χ0) is 21.6. The normalized spacial score (nSPS) is 15.6. The van der Waals surface area contributed by atoms with Gasteiger partial charge in [-0.2, -0.15) is 5.10 Å². The maximum absolute atomic E-state index is 5.80. The van der Waals surface area contributed by atoms with Gasteiger partial charge < -0.3 is 9.73 Å². The molecule has 1 aliphatic heterocycles. The molecule has 1 aromatic carbocycles. The van der Waals surface area contributed by atoms with Gasteiger partial charge in [0.25, 0.3) is 0 Å². The van der Waals surface area contributed by atoms with E-state index in [0.717, 1.165) is 54.4 Å². The largest absolute Gasteiger partial charge is 0.468 e. The lowest BCUT2D eigenvalue weighted by atomic mass is 10.1. The number of nitrogens with zero attached hydrogens (tertiary/aromatic N) is 4. The van der Waals surface area contributed by atoms with Crippen molar-refractivity contribution in [2.24, 2.45) is 0 Å². The van der Waals surface area contributed by atoms with Crippen LogP contribution in [0.3, 0.4) is 0 Å². The van der Waals surface area contributed by atoms with Gasteiger partial charge in [-0.15, -0.1) is 0 Å². The van der Waals surface area contributed by atoms with Crippen LogP contribution in [0.15, 0.2) is 83.9 Å². The first-order valence-electron chi connectivity index (χ1n) is 11.4. The number of aromatic nitrogens is 3. The molecule has 0 saturated carbocycles. The number of para-hydroxylation sites is 1. The number of benzene rings is 1. The highest BCUT2D eigenvalue weighted by Gasteiger charge is 2.24. The molecule has 0 spiro atoms. The van der Waals surface area contributed by atoms with Crippen molar-refractivity contribution in [1.82, 2.24) is 25.0 Å². The summed E-state index contributed by atoms with van der Waals surface area (Å²) in [5, 5.41) is 8.58. The zero-order valence-corrected chi connectivity index (χ0v) is 18.2. The molecule has 6 heteroatoms. The minimum Gasteiger partial charge on any atom is -0.468 e. The molecule has 4 heterocycles. The van der Waals surface area contributed by atoms with Gasteiger partial charge in [0, 0.05) is 42.8 Å². The first kappa shape index (κ1) is 20.7. The molecule has 32 heavy (non-hydrogen) atoms. The van der Waals surface area contributed by atoms with E-state index in [2.05, 4.69) is 45.7 Å². The van der Waals surface area contributed by atoms with Crippen molar-refractivity contribution in [2.45, 2.75) is 31.8 Å². The molecule has 5 rings (SSSR count). The Balaban J connectivity index is 1.36. The van der Waals surface area contributed by atoms with Crippen molar-refractivity contribution in [2.75, 3.05) is 19.6 Å². The van der Waals surface area contributed by atoms with E-state index in [0.29, 0.717) is 0 Å². The first-order valence-corrected chi connectivity index (χ1v) is 11.4. The SMILES string of the molecule is c1ccc(-n2cc(CNC[C@H](c3ccco3)N3CCCCC3)c(-c3cccnc3)n2)cc1. The van der Waals surface area contributed by atoms with Gasteiger partial charge in [-0.3, -0.25) is 9.88 Å². The molecule has 164 valence electrons. The van der Waals surface area contributed by atoms with Gasteiger partial charge in [0.15, 0.2) is 0 Å². The molecule has 4 aromatic rings. The number of hydrogen-bond donors (Lipinski definition) is 1. The molecule has 1 fully saturated rings. The number of rotatable bonds is 8. The number of likely N-dealkylation sites (tertiary alicyclic amines) is 1. The summed E-state index contributed by atoms with van der Waals surface area (Å²) >= 11 is 0. The van der Waals surface area contributed by atoms with Crippen LogP contribution in [0.2, 0.25) is 0 Å². The molecule has 1 saturated heterocycles. The summed E-state index contributed by atoms with van der Waals surface area (Å²) in [7, 11) is 0. The Kier molecular flexibility index (Phi) is 6.42. The lowest BCUT2D eigenvalue weighted by molar-refractivity contribution is 0.142. The Bertz CT molecular complexity index is 1090. The highest BCUT2D eigenvalue weighted by molar-refractivity contribution is 5.62. The van der Waals surface area contributed by atoms with Crippen molar-refractivity contribution in [3.05, 3.63) is 90.8 Å². The van der Waals surface area contributed by atoms with Crippen LogP contribution >= 0.6 is 0 Å². The summed E-state index contributed by atoms with van der Waals surface area (Å²) in [6, 6.07) is 18.6. The summed E-state index contributed by atoms with van der Waals surface area (Å²) in [6.45, 7) is 3.80. The molecule has 1 N–H and O–H groups in total. The van der Waals surface area contributed by atoms with Gasteiger partial charge in [-0.05, 0) is 62.3 Å². The Labute approximate surface area is 188 Å². The Morgan fingerprint density at radius 1 is 0.969 bits per heavy atom. The monoisotopic (exact) mass is 427 g/mol. The zero-order valence-electron chi connectivity index (χ0n) is 18.2. The maximum atomic E-state index is 5.80. The van der Waals surface area contributed by atoms with Crippen LogP contribution in [-0.4, -0.2) is 39.3 Å². The van der Waals surface area contributed by atoms with Crippen molar-refractivity contribution in [3.8, 4) is 16.9 Å². The van der Waals surface area contributed by atoms with Crippen LogP contribution < -0.4 is 5.32 Å². The summed E-state index contributed by atoms with van der Waals surface area (Å²) in [6.07, 6.45) is 11.4. The number of hydrogen-bond acceptors (Lipinski definition) is 5. The fourth-order valence-electron chi connectivity index (χ4n) is 4.46. The van der Waals surface area contributed by atoms with E-state index < -0.39 is 0 Å². The third-order valence-electron chi connectivity index (χ3n) is 6.10. The van der Waals surface area contributed by atoms with Crippen LogP contribution in [0.1, 0.15) is 36.6 Å². The maximum Gasteiger partial charge on any atom is 0.122 e. The summed E-state index contributed by atoms with van der Waals surface area (Å²) < 4.78 is 7.75. The van der Waals surface area contributed by atoms with E-state index in [1.54, 1.807) is 12.5 Å². The van der Waals surface area contributed by atoms with E-state index >= 15 is 0 Å². The van der Waals surface area contributed by atoms with Gasteiger partial charge in [0.1, 0.15) is 5.76 Å². The van der Waals surface area contributed by atoms with E-state index in [1.807, 2.05) is 41.2 Å². The molecule has 1 atom stereocenters. The summed E-state index contributed by atoms with van der Waals surface area (Å²) in [5.74, 6) is 1.03. The molecule has 3 aromatic heterocycles. The second kappa shape index (κ2) is 9.94. The highest BCUT2D eigenvalue weighted by atomic mass is 16.3. The number of furan rings is 1. The van der Waals surface area contributed by atoms with Crippen molar-refractivity contribution in [1.29, 1.82) is 0 Å². The van der Waals surface area contributed by atoms with E-state index in [4.69, 9.17) is 9.52 Å². The number of nitrogens with one attached hydrogen (secondary N) is 1. The second-order valence-corrected chi connectivity index (χ2v) is 8.28. The predicted octanol–water partition coefficient (Wildman–Crippen LogP) is 4.84. The molecule has 0 aliphatic carbocycles. The minimum absolute atomic E-state index is 0.247.